The van der Waals surface area contributed by atoms with Crippen LogP contribution < -0.4 is 0 Å². The molecule has 0 aliphatic heterocycles. The predicted octanol–water partition coefficient (Wildman–Crippen LogP) is 7.62. The smallest absolute Gasteiger partial charge is 0.194 e. The molecule has 28 heavy (non-hydrogen) atoms. The van der Waals surface area contributed by atoms with Crippen molar-refractivity contribution in [2.24, 2.45) is 29.6 Å². The van der Waals surface area contributed by atoms with Crippen molar-refractivity contribution < 1.29 is 13.2 Å². The summed E-state index contributed by atoms with van der Waals surface area (Å²) in [4.78, 5) is 0. The van der Waals surface area contributed by atoms with Crippen molar-refractivity contribution in [3.63, 3.8) is 0 Å². The SMILES string of the molecule is CC1CCC(C2CCC(CCC3CCc4c(cc(F)c(F)c4F)C3)CC2)CC1. The molecule has 1 aromatic carbocycles. The van der Waals surface area contributed by atoms with E-state index in [1.54, 1.807) is 0 Å². The van der Waals surface area contributed by atoms with Gasteiger partial charge in [0, 0.05) is 0 Å². The number of rotatable bonds is 4. The van der Waals surface area contributed by atoms with Crippen LogP contribution in [0.15, 0.2) is 6.07 Å². The van der Waals surface area contributed by atoms with Gasteiger partial charge < -0.3 is 0 Å². The van der Waals surface area contributed by atoms with Crippen molar-refractivity contribution >= 4 is 0 Å². The highest BCUT2D eigenvalue weighted by Crippen LogP contribution is 2.43. The van der Waals surface area contributed by atoms with Gasteiger partial charge in [-0.2, -0.15) is 0 Å². The van der Waals surface area contributed by atoms with Crippen molar-refractivity contribution in [3.8, 4) is 0 Å². The van der Waals surface area contributed by atoms with Gasteiger partial charge in [0.15, 0.2) is 17.5 Å². The van der Waals surface area contributed by atoms with E-state index in [2.05, 4.69) is 6.92 Å². The molecular formula is C25H35F3. The number of hydrogen-bond acceptors (Lipinski definition) is 0. The number of hydrogen-bond donors (Lipinski definition) is 0. The molecule has 1 aromatic rings. The largest absolute Gasteiger partial charge is 0.204 e. The van der Waals surface area contributed by atoms with Gasteiger partial charge in [-0.1, -0.05) is 39.0 Å². The normalized spacial score (nSPS) is 33.5. The van der Waals surface area contributed by atoms with E-state index >= 15 is 0 Å². The van der Waals surface area contributed by atoms with Gasteiger partial charge in [-0.3, -0.25) is 0 Å². The molecule has 2 saturated carbocycles. The Balaban J connectivity index is 1.23. The fourth-order valence-corrected chi connectivity index (χ4v) is 6.32. The molecule has 156 valence electrons. The highest BCUT2D eigenvalue weighted by Gasteiger charge is 2.31. The minimum absolute atomic E-state index is 0.414. The minimum Gasteiger partial charge on any atom is -0.204 e. The van der Waals surface area contributed by atoms with Crippen molar-refractivity contribution in [1.29, 1.82) is 0 Å². The molecule has 3 aliphatic rings. The highest BCUT2D eigenvalue weighted by molar-refractivity contribution is 5.33. The molecule has 2 fully saturated rings. The van der Waals surface area contributed by atoms with Crippen LogP contribution in [0.3, 0.4) is 0 Å². The Hall–Kier alpha value is -0.990. The summed E-state index contributed by atoms with van der Waals surface area (Å²) in [5.41, 5.74) is 1.11. The first kappa shape index (κ1) is 20.3. The van der Waals surface area contributed by atoms with Gasteiger partial charge in [-0.05, 0) is 98.1 Å². The van der Waals surface area contributed by atoms with Crippen LogP contribution in [0.5, 0.6) is 0 Å². The Labute approximate surface area is 168 Å². The highest BCUT2D eigenvalue weighted by atomic mass is 19.2. The van der Waals surface area contributed by atoms with Gasteiger partial charge >= 0.3 is 0 Å². The van der Waals surface area contributed by atoms with Gasteiger partial charge in [-0.15, -0.1) is 0 Å². The van der Waals surface area contributed by atoms with Crippen LogP contribution in [-0.4, -0.2) is 0 Å². The summed E-state index contributed by atoms with van der Waals surface area (Å²) in [6.45, 7) is 2.40. The second-order valence-electron chi connectivity index (χ2n) is 10.1. The van der Waals surface area contributed by atoms with Crippen LogP contribution in [-0.2, 0) is 12.8 Å². The summed E-state index contributed by atoms with van der Waals surface area (Å²) in [7, 11) is 0. The van der Waals surface area contributed by atoms with Crippen LogP contribution in [0.4, 0.5) is 13.2 Å². The Morgan fingerprint density at radius 1 is 0.750 bits per heavy atom. The van der Waals surface area contributed by atoms with E-state index in [1.807, 2.05) is 0 Å². The van der Waals surface area contributed by atoms with Gasteiger partial charge in [-0.25, -0.2) is 13.2 Å². The molecule has 1 atom stereocenters. The average molecular weight is 393 g/mol. The Bertz CT molecular complexity index is 667. The number of halogens is 3. The van der Waals surface area contributed by atoms with Crippen molar-refractivity contribution in [1.82, 2.24) is 0 Å². The van der Waals surface area contributed by atoms with E-state index in [0.717, 1.165) is 36.5 Å². The quantitative estimate of drug-likeness (QED) is 0.462. The third-order valence-corrected chi connectivity index (χ3v) is 8.27. The van der Waals surface area contributed by atoms with Gasteiger partial charge in [0.2, 0.25) is 0 Å². The minimum atomic E-state index is -1.30. The predicted molar refractivity (Wildman–Crippen MR) is 108 cm³/mol. The first-order valence-corrected chi connectivity index (χ1v) is 11.7. The van der Waals surface area contributed by atoms with E-state index in [-0.39, 0.29) is 0 Å². The van der Waals surface area contributed by atoms with Crippen LogP contribution in [0, 0.1) is 47.0 Å². The van der Waals surface area contributed by atoms with E-state index in [1.165, 1.54) is 63.9 Å². The molecule has 4 rings (SSSR count). The molecule has 0 aromatic heterocycles. The first-order chi connectivity index (χ1) is 13.5. The summed E-state index contributed by atoms with van der Waals surface area (Å²) in [5.74, 6) is 0.920. The van der Waals surface area contributed by atoms with Crippen LogP contribution >= 0.6 is 0 Å². The lowest BCUT2D eigenvalue weighted by molar-refractivity contribution is 0.144. The maximum atomic E-state index is 13.9. The lowest BCUT2D eigenvalue weighted by Crippen LogP contribution is -2.25. The summed E-state index contributed by atoms with van der Waals surface area (Å²) in [6, 6.07) is 1.23. The molecule has 3 heteroatoms. The molecule has 0 heterocycles. The second-order valence-corrected chi connectivity index (χ2v) is 10.1. The van der Waals surface area contributed by atoms with Crippen molar-refractivity contribution in [3.05, 3.63) is 34.6 Å². The maximum Gasteiger partial charge on any atom is 0.194 e. The standard InChI is InChI=1S/C25H35F3/c1-16-2-9-19(10-3-16)20-11-6-17(7-12-20)4-5-18-8-13-22-21(14-18)15-23(26)25(28)24(22)27/h15-20H,2-14H2,1H3. The third-order valence-electron chi connectivity index (χ3n) is 8.27. The number of benzene rings is 1. The van der Waals surface area contributed by atoms with Gasteiger partial charge in [0.05, 0.1) is 0 Å². The Morgan fingerprint density at radius 3 is 2.04 bits per heavy atom. The lowest BCUT2D eigenvalue weighted by Gasteiger charge is -2.37. The van der Waals surface area contributed by atoms with Crippen LogP contribution in [0.2, 0.25) is 0 Å². The first-order valence-electron chi connectivity index (χ1n) is 11.7. The van der Waals surface area contributed by atoms with E-state index in [0.29, 0.717) is 29.9 Å². The Kier molecular flexibility index (Phi) is 6.37. The monoisotopic (exact) mass is 392 g/mol. The second kappa shape index (κ2) is 8.79. The average Bonchev–Trinajstić information content (AvgIpc) is 2.71. The molecule has 0 radical (unpaired) electrons. The molecule has 0 bridgehead atoms. The zero-order valence-corrected chi connectivity index (χ0v) is 17.3. The van der Waals surface area contributed by atoms with Gasteiger partial charge in [0.25, 0.3) is 0 Å². The van der Waals surface area contributed by atoms with E-state index in [4.69, 9.17) is 0 Å². The van der Waals surface area contributed by atoms with Crippen LogP contribution in [0.25, 0.3) is 0 Å². The number of fused-ring (bicyclic) bond motifs is 1. The van der Waals surface area contributed by atoms with Crippen molar-refractivity contribution in [2.45, 2.75) is 90.4 Å². The molecule has 1 unspecified atom stereocenters. The molecule has 0 spiro atoms. The summed E-state index contributed by atoms with van der Waals surface area (Å²) in [6.07, 6.45) is 15.9. The summed E-state index contributed by atoms with van der Waals surface area (Å²) >= 11 is 0. The van der Waals surface area contributed by atoms with Gasteiger partial charge in [0.1, 0.15) is 0 Å². The van der Waals surface area contributed by atoms with Crippen LogP contribution in [0.1, 0.15) is 88.7 Å². The molecule has 0 amide bonds. The molecule has 3 aliphatic carbocycles. The summed E-state index contributed by atoms with van der Waals surface area (Å²) in [5, 5.41) is 0. The molecule has 0 nitrogen and oxygen atoms in total. The third kappa shape index (κ3) is 4.44. The molecule has 0 saturated heterocycles. The van der Waals surface area contributed by atoms with E-state index < -0.39 is 17.5 Å². The lowest BCUT2D eigenvalue weighted by atomic mass is 9.68. The zero-order valence-electron chi connectivity index (χ0n) is 17.3. The van der Waals surface area contributed by atoms with E-state index in [9.17, 15) is 13.2 Å². The fourth-order valence-electron chi connectivity index (χ4n) is 6.32. The Morgan fingerprint density at radius 2 is 1.36 bits per heavy atom. The molecule has 0 N–H and O–H groups in total. The zero-order chi connectivity index (χ0) is 19.7. The molecular weight excluding hydrogens is 357 g/mol. The summed E-state index contributed by atoms with van der Waals surface area (Å²) < 4.78 is 41.0. The van der Waals surface area contributed by atoms with Crippen molar-refractivity contribution in [2.75, 3.05) is 0 Å². The maximum absolute atomic E-state index is 13.9. The topological polar surface area (TPSA) is 0 Å². The fraction of sp³-hybridized carbons (Fsp3) is 0.760.